The van der Waals surface area contributed by atoms with Crippen molar-refractivity contribution in [2.24, 2.45) is 0 Å². The summed E-state index contributed by atoms with van der Waals surface area (Å²) in [4.78, 5) is 15.0. The number of carboxylic acid groups (broad SMARTS) is 1. The standard InChI is InChI=1S/C16H14N2O2S/c1-11-9-13(12-5-3-2-4-6-12)14(10-17)16(18-11)21-8-7-15(19)20/h2-6,9H,7-8H2,1H3,(H,19,20). The lowest BCUT2D eigenvalue weighted by Crippen LogP contribution is -1.99. The largest absolute Gasteiger partial charge is 0.481 e. The molecule has 1 aromatic heterocycles. The maximum absolute atomic E-state index is 10.6. The monoisotopic (exact) mass is 298 g/mol. The fraction of sp³-hybridized carbons (Fsp3) is 0.188. The molecule has 0 atom stereocenters. The number of aromatic nitrogens is 1. The van der Waals surface area contributed by atoms with Crippen molar-refractivity contribution >= 4 is 17.7 Å². The summed E-state index contributed by atoms with van der Waals surface area (Å²) in [5, 5.41) is 18.7. The molecule has 0 aliphatic heterocycles. The lowest BCUT2D eigenvalue weighted by atomic mass is 10.0. The Bertz CT molecular complexity index is 693. The molecular formula is C16H14N2O2S. The summed E-state index contributed by atoms with van der Waals surface area (Å²) in [7, 11) is 0. The molecule has 0 fully saturated rings. The molecule has 0 saturated heterocycles. The highest BCUT2D eigenvalue weighted by Gasteiger charge is 2.13. The van der Waals surface area contributed by atoms with Gasteiger partial charge < -0.3 is 5.11 Å². The molecule has 2 aromatic rings. The highest BCUT2D eigenvalue weighted by Crippen LogP contribution is 2.31. The Morgan fingerprint density at radius 2 is 2.10 bits per heavy atom. The van der Waals surface area contributed by atoms with E-state index in [1.54, 1.807) is 0 Å². The Morgan fingerprint density at radius 1 is 1.38 bits per heavy atom. The van der Waals surface area contributed by atoms with Crippen molar-refractivity contribution in [3.8, 4) is 17.2 Å². The third kappa shape index (κ3) is 3.83. The van der Waals surface area contributed by atoms with E-state index in [0.29, 0.717) is 16.3 Å². The van der Waals surface area contributed by atoms with Crippen molar-refractivity contribution in [1.29, 1.82) is 5.26 Å². The topological polar surface area (TPSA) is 74.0 Å². The van der Waals surface area contributed by atoms with Gasteiger partial charge >= 0.3 is 5.97 Å². The van der Waals surface area contributed by atoms with Crippen LogP contribution in [-0.2, 0) is 4.79 Å². The van der Waals surface area contributed by atoms with E-state index < -0.39 is 5.97 Å². The Morgan fingerprint density at radius 3 is 2.71 bits per heavy atom. The van der Waals surface area contributed by atoms with Gasteiger partial charge in [0.05, 0.1) is 12.0 Å². The zero-order valence-corrected chi connectivity index (χ0v) is 12.4. The van der Waals surface area contributed by atoms with E-state index in [1.165, 1.54) is 11.8 Å². The van der Waals surface area contributed by atoms with Gasteiger partial charge in [0.15, 0.2) is 0 Å². The van der Waals surface area contributed by atoms with Gasteiger partial charge in [-0.15, -0.1) is 11.8 Å². The molecule has 0 aliphatic carbocycles. The van der Waals surface area contributed by atoms with Gasteiger partial charge in [0, 0.05) is 17.0 Å². The van der Waals surface area contributed by atoms with Crippen LogP contribution in [0, 0.1) is 18.3 Å². The Hall–Kier alpha value is -2.32. The van der Waals surface area contributed by atoms with E-state index in [0.717, 1.165) is 16.8 Å². The maximum atomic E-state index is 10.6. The quantitative estimate of drug-likeness (QED) is 0.855. The second kappa shape index (κ2) is 6.91. The van der Waals surface area contributed by atoms with E-state index in [9.17, 15) is 10.1 Å². The van der Waals surface area contributed by atoms with Gasteiger partial charge in [-0.1, -0.05) is 30.3 Å². The molecule has 106 valence electrons. The highest BCUT2D eigenvalue weighted by molar-refractivity contribution is 7.99. The van der Waals surface area contributed by atoms with Crippen LogP contribution in [0.3, 0.4) is 0 Å². The number of pyridine rings is 1. The summed E-state index contributed by atoms with van der Waals surface area (Å²) in [6.45, 7) is 1.87. The maximum Gasteiger partial charge on any atom is 0.304 e. The van der Waals surface area contributed by atoms with Gasteiger partial charge in [-0.2, -0.15) is 5.26 Å². The van der Waals surface area contributed by atoms with Crippen LogP contribution in [0.15, 0.2) is 41.4 Å². The first kappa shape index (κ1) is 15.1. The predicted molar refractivity (Wildman–Crippen MR) is 82.1 cm³/mol. The summed E-state index contributed by atoms with van der Waals surface area (Å²) in [5.41, 5.74) is 3.11. The van der Waals surface area contributed by atoms with E-state index >= 15 is 0 Å². The average Bonchev–Trinajstić information content (AvgIpc) is 2.47. The minimum Gasteiger partial charge on any atom is -0.481 e. The second-order valence-corrected chi connectivity index (χ2v) is 5.55. The first-order valence-corrected chi connectivity index (χ1v) is 7.42. The van der Waals surface area contributed by atoms with Crippen LogP contribution in [0.4, 0.5) is 0 Å². The van der Waals surface area contributed by atoms with Crippen LogP contribution in [0.25, 0.3) is 11.1 Å². The van der Waals surface area contributed by atoms with E-state index in [4.69, 9.17) is 5.11 Å². The fourth-order valence-electron chi connectivity index (χ4n) is 1.94. The molecule has 2 rings (SSSR count). The fourth-order valence-corrected chi connectivity index (χ4v) is 2.92. The summed E-state index contributed by atoms with van der Waals surface area (Å²) in [5.74, 6) is -0.453. The number of aryl methyl sites for hydroxylation is 1. The molecule has 0 bridgehead atoms. The van der Waals surface area contributed by atoms with Gasteiger partial charge in [0.2, 0.25) is 0 Å². The number of thioether (sulfide) groups is 1. The van der Waals surface area contributed by atoms with Crippen molar-refractivity contribution in [2.75, 3.05) is 5.75 Å². The Labute approximate surface area is 127 Å². The third-order valence-electron chi connectivity index (χ3n) is 2.87. The second-order valence-electron chi connectivity index (χ2n) is 4.46. The van der Waals surface area contributed by atoms with Crippen molar-refractivity contribution in [2.45, 2.75) is 18.4 Å². The molecule has 0 aliphatic rings. The average molecular weight is 298 g/mol. The molecule has 0 unspecified atom stereocenters. The molecule has 21 heavy (non-hydrogen) atoms. The number of benzene rings is 1. The van der Waals surface area contributed by atoms with E-state index in [1.807, 2.05) is 43.3 Å². The minimum atomic E-state index is -0.850. The number of rotatable bonds is 5. The molecule has 1 aromatic carbocycles. The first-order valence-electron chi connectivity index (χ1n) is 6.43. The summed E-state index contributed by atoms with van der Waals surface area (Å²) in [6.07, 6.45) is 0.0474. The number of carbonyl (C=O) groups is 1. The van der Waals surface area contributed by atoms with Crippen molar-refractivity contribution < 1.29 is 9.90 Å². The molecule has 0 saturated carbocycles. The van der Waals surface area contributed by atoms with Crippen LogP contribution in [0.2, 0.25) is 0 Å². The zero-order chi connectivity index (χ0) is 15.2. The van der Waals surface area contributed by atoms with Crippen LogP contribution < -0.4 is 0 Å². The molecule has 5 heteroatoms. The van der Waals surface area contributed by atoms with Gasteiger partial charge in [0.25, 0.3) is 0 Å². The van der Waals surface area contributed by atoms with Gasteiger partial charge in [-0.3, -0.25) is 4.79 Å². The number of nitriles is 1. The molecule has 1 heterocycles. The van der Waals surface area contributed by atoms with Crippen LogP contribution >= 0.6 is 11.8 Å². The molecule has 0 amide bonds. The number of hydrogen-bond acceptors (Lipinski definition) is 4. The van der Waals surface area contributed by atoms with Crippen molar-refractivity contribution in [3.05, 3.63) is 47.7 Å². The van der Waals surface area contributed by atoms with Crippen molar-refractivity contribution in [3.63, 3.8) is 0 Å². The number of nitrogens with zero attached hydrogens (tertiary/aromatic N) is 2. The SMILES string of the molecule is Cc1cc(-c2ccccc2)c(C#N)c(SCCC(=O)O)n1. The van der Waals surface area contributed by atoms with Gasteiger partial charge in [-0.05, 0) is 18.6 Å². The molecule has 1 N–H and O–H groups in total. The lowest BCUT2D eigenvalue weighted by Gasteiger charge is -2.10. The summed E-state index contributed by atoms with van der Waals surface area (Å²) >= 11 is 1.31. The number of carboxylic acids is 1. The first-order chi connectivity index (χ1) is 10.1. The third-order valence-corrected chi connectivity index (χ3v) is 3.84. The van der Waals surface area contributed by atoms with Crippen molar-refractivity contribution in [1.82, 2.24) is 4.98 Å². The normalized spacial score (nSPS) is 10.1. The zero-order valence-electron chi connectivity index (χ0n) is 11.5. The summed E-state index contributed by atoms with van der Waals surface area (Å²) in [6, 6.07) is 13.7. The van der Waals surface area contributed by atoms with E-state index in [2.05, 4.69) is 11.1 Å². The minimum absolute atomic E-state index is 0.0474. The molecule has 0 radical (unpaired) electrons. The lowest BCUT2D eigenvalue weighted by molar-refractivity contribution is -0.136. The molecule has 0 spiro atoms. The van der Waals surface area contributed by atoms with Crippen LogP contribution in [-0.4, -0.2) is 21.8 Å². The number of aliphatic carboxylic acids is 1. The smallest absolute Gasteiger partial charge is 0.304 e. The highest BCUT2D eigenvalue weighted by atomic mass is 32.2. The summed E-state index contributed by atoms with van der Waals surface area (Å²) < 4.78 is 0. The predicted octanol–water partition coefficient (Wildman–Crippen LogP) is 3.50. The van der Waals surface area contributed by atoms with E-state index in [-0.39, 0.29) is 6.42 Å². The Balaban J connectivity index is 2.40. The number of hydrogen-bond donors (Lipinski definition) is 1. The molecular weight excluding hydrogens is 284 g/mol. The van der Waals surface area contributed by atoms with Crippen LogP contribution in [0.5, 0.6) is 0 Å². The van der Waals surface area contributed by atoms with Crippen LogP contribution in [0.1, 0.15) is 17.7 Å². The van der Waals surface area contributed by atoms with Gasteiger partial charge in [0.1, 0.15) is 11.1 Å². The Kier molecular flexibility index (Phi) is 4.96. The molecule has 4 nitrogen and oxygen atoms in total. The van der Waals surface area contributed by atoms with Gasteiger partial charge in [-0.25, -0.2) is 4.98 Å².